The molecule has 0 fully saturated rings. The van der Waals surface area contributed by atoms with Crippen molar-refractivity contribution in [2.45, 2.75) is 0 Å². The van der Waals surface area contributed by atoms with Gasteiger partial charge in [0.25, 0.3) is 0 Å². The quantitative estimate of drug-likeness (QED) is 0.488. The van der Waals surface area contributed by atoms with E-state index in [-0.39, 0.29) is 75.3 Å². The van der Waals surface area contributed by atoms with Gasteiger partial charge in [0.15, 0.2) is 0 Å². The van der Waals surface area contributed by atoms with Gasteiger partial charge in [0.05, 0.1) is 0 Å². The molecule has 0 saturated carbocycles. The standard InChI is InChI=1S/Co.Fe.Pd.Pt. The summed E-state index contributed by atoms with van der Waals surface area (Å²) in [7, 11) is 0. The third-order valence-corrected chi connectivity index (χ3v) is 0. The first-order chi connectivity index (χ1) is 0. The van der Waals surface area contributed by atoms with Crippen LogP contribution in [-0.2, 0) is 75.3 Å². The smallest absolute Gasteiger partial charge is 0 e. The normalized spacial score (nSPS) is 0. The van der Waals surface area contributed by atoms with Crippen molar-refractivity contribution in [2.75, 3.05) is 0 Å². The Morgan fingerprint density at radius 1 is 1.00 bits per heavy atom. The van der Waals surface area contributed by atoms with Gasteiger partial charge >= 0.3 is 0 Å². The minimum atomic E-state index is 0. The van der Waals surface area contributed by atoms with Gasteiger partial charge in [-0.1, -0.05) is 0 Å². The summed E-state index contributed by atoms with van der Waals surface area (Å²) in [5.41, 5.74) is 0. The van der Waals surface area contributed by atoms with Crippen molar-refractivity contribution in [3.05, 3.63) is 0 Å². The van der Waals surface area contributed by atoms with Crippen LogP contribution in [-0.4, -0.2) is 0 Å². The Hall–Kier alpha value is 2.38. The average Bonchev–Trinajstić information content (AvgIpc) is 0. The topological polar surface area (TPSA) is 0 Å². The molecule has 4 heavy (non-hydrogen) atoms. The van der Waals surface area contributed by atoms with Crippen molar-refractivity contribution in [1.82, 2.24) is 0 Å². The van der Waals surface area contributed by atoms with Crippen molar-refractivity contribution >= 4 is 0 Å². The van der Waals surface area contributed by atoms with Gasteiger partial charge in [-0.15, -0.1) is 0 Å². The van der Waals surface area contributed by atoms with E-state index in [4.69, 9.17) is 0 Å². The third kappa shape index (κ3) is 8.83. The predicted molar refractivity (Wildman–Crippen MR) is 0 cm³/mol. The molecule has 0 saturated heterocycles. The van der Waals surface area contributed by atoms with Gasteiger partial charge in [-0.05, 0) is 0 Å². The van der Waals surface area contributed by atoms with Gasteiger partial charge in [-0.2, -0.15) is 0 Å². The second-order valence-electron chi connectivity index (χ2n) is 0. The number of hydrogen-bond acceptors (Lipinski definition) is 0. The van der Waals surface area contributed by atoms with E-state index in [0.717, 1.165) is 0 Å². The molecule has 0 heterocycles. The van der Waals surface area contributed by atoms with E-state index in [0.29, 0.717) is 0 Å². The molecule has 0 nitrogen and oxygen atoms in total. The van der Waals surface area contributed by atoms with Gasteiger partial charge in [0.2, 0.25) is 0 Å². The summed E-state index contributed by atoms with van der Waals surface area (Å²) in [6, 6.07) is 0. The van der Waals surface area contributed by atoms with E-state index < -0.39 is 0 Å². The summed E-state index contributed by atoms with van der Waals surface area (Å²) in [6.45, 7) is 0. The van der Waals surface area contributed by atoms with Crippen molar-refractivity contribution < 1.29 is 75.3 Å². The van der Waals surface area contributed by atoms with Gasteiger partial charge < -0.3 is 0 Å². The SMILES string of the molecule is [Co].[Fe].[Pd].[Pt]. The summed E-state index contributed by atoms with van der Waals surface area (Å²) in [5, 5.41) is 0. The summed E-state index contributed by atoms with van der Waals surface area (Å²) < 4.78 is 0. The summed E-state index contributed by atoms with van der Waals surface area (Å²) >= 11 is 0. The molecule has 37 valence electrons. The predicted octanol–water partition coefficient (Wildman–Crippen LogP) is -0.0100. The van der Waals surface area contributed by atoms with Crippen LogP contribution in [0.2, 0.25) is 0 Å². The van der Waals surface area contributed by atoms with Crippen LogP contribution in [0.4, 0.5) is 0 Å². The molecule has 0 unspecified atom stereocenters. The van der Waals surface area contributed by atoms with Crippen LogP contribution in [0.15, 0.2) is 0 Å². The number of rotatable bonds is 0. The Morgan fingerprint density at radius 2 is 1.00 bits per heavy atom. The zero-order valence-corrected chi connectivity index (χ0v) is 7.29. The van der Waals surface area contributed by atoms with E-state index in [1.807, 2.05) is 0 Å². The molecule has 0 aliphatic carbocycles. The van der Waals surface area contributed by atoms with Crippen LogP contribution in [0.1, 0.15) is 0 Å². The van der Waals surface area contributed by atoms with Crippen LogP contribution in [0, 0.1) is 0 Å². The van der Waals surface area contributed by atoms with Gasteiger partial charge in [0.1, 0.15) is 0 Å². The molecule has 0 aromatic carbocycles. The molecule has 0 N–H and O–H groups in total. The fourth-order valence-electron chi connectivity index (χ4n) is 0. The monoisotopic (exact) mass is 416 g/mol. The molecule has 0 aromatic rings. The van der Waals surface area contributed by atoms with Crippen LogP contribution < -0.4 is 0 Å². The second kappa shape index (κ2) is 18.2. The molecule has 0 bridgehead atoms. The third-order valence-electron chi connectivity index (χ3n) is 0. The van der Waals surface area contributed by atoms with E-state index >= 15 is 0 Å². The maximum atomic E-state index is 0. The van der Waals surface area contributed by atoms with Crippen LogP contribution >= 0.6 is 0 Å². The van der Waals surface area contributed by atoms with E-state index in [1.165, 1.54) is 0 Å². The first-order valence-corrected chi connectivity index (χ1v) is 0. The van der Waals surface area contributed by atoms with Crippen molar-refractivity contribution in [1.29, 1.82) is 0 Å². The van der Waals surface area contributed by atoms with Crippen LogP contribution in [0.3, 0.4) is 0 Å². The van der Waals surface area contributed by atoms with Crippen molar-refractivity contribution in [2.24, 2.45) is 0 Å². The maximum absolute atomic E-state index is 0. The first-order valence-electron chi connectivity index (χ1n) is 0. The Kier molecular flexibility index (Phi) is 149. The largest absolute Gasteiger partial charge is 0 e. The van der Waals surface area contributed by atoms with Gasteiger partial charge in [0, 0.05) is 75.3 Å². The minimum Gasteiger partial charge on any atom is 0 e. The fraction of sp³-hybridized carbons (Fsp3) is 0. The molecule has 0 rings (SSSR count). The first kappa shape index (κ1) is 32.6. The molecule has 1 radical (unpaired) electrons. The molecule has 0 aliphatic rings. The zero-order chi connectivity index (χ0) is 0. The van der Waals surface area contributed by atoms with Gasteiger partial charge in [-0.25, -0.2) is 0 Å². The van der Waals surface area contributed by atoms with E-state index in [2.05, 4.69) is 0 Å². The van der Waals surface area contributed by atoms with Gasteiger partial charge in [-0.3, -0.25) is 0 Å². The molecule has 0 atom stereocenters. The summed E-state index contributed by atoms with van der Waals surface area (Å²) in [5.74, 6) is 0. The van der Waals surface area contributed by atoms with Crippen molar-refractivity contribution in [3.63, 3.8) is 0 Å². The summed E-state index contributed by atoms with van der Waals surface area (Å²) in [4.78, 5) is 0. The molecule has 0 aromatic heterocycles. The fourth-order valence-corrected chi connectivity index (χ4v) is 0. The molecule has 0 spiro atoms. The molecular weight excluding hydrogens is 416 g/mol. The van der Waals surface area contributed by atoms with Crippen LogP contribution in [0.25, 0.3) is 0 Å². The maximum Gasteiger partial charge on any atom is 0 e. The van der Waals surface area contributed by atoms with E-state index in [1.54, 1.807) is 0 Å². The molecule has 0 aliphatic heterocycles. The zero-order valence-electron chi connectivity index (χ0n) is 1.32. The Bertz CT molecular complexity index is 8.00. The summed E-state index contributed by atoms with van der Waals surface area (Å²) in [6.07, 6.45) is 0. The number of hydrogen-bond donors (Lipinski definition) is 0. The average molecular weight is 416 g/mol. The Balaban J connectivity index is 0. The Morgan fingerprint density at radius 3 is 1.00 bits per heavy atom. The Labute approximate surface area is 74.5 Å². The minimum absolute atomic E-state index is 0. The van der Waals surface area contributed by atoms with Crippen LogP contribution in [0.5, 0.6) is 0 Å². The molecular formula is CoFePdPt. The second-order valence-corrected chi connectivity index (χ2v) is 0. The van der Waals surface area contributed by atoms with E-state index in [9.17, 15) is 0 Å². The molecule has 4 heteroatoms. The molecule has 0 amide bonds. The van der Waals surface area contributed by atoms with Crippen molar-refractivity contribution in [3.8, 4) is 0 Å².